The van der Waals surface area contributed by atoms with Gasteiger partial charge in [0.25, 0.3) is 0 Å². The van der Waals surface area contributed by atoms with Gasteiger partial charge in [0.2, 0.25) is 0 Å². The van der Waals surface area contributed by atoms with Gasteiger partial charge >= 0.3 is 0 Å². The van der Waals surface area contributed by atoms with E-state index >= 15 is 0 Å². The molecular formula is C19H22BrN. The number of rotatable bonds is 4. The predicted molar refractivity (Wildman–Crippen MR) is 92.6 cm³/mol. The average molecular weight is 344 g/mol. The molecule has 1 fully saturated rings. The van der Waals surface area contributed by atoms with Crippen molar-refractivity contribution in [2.45, 2.75) is 44.7 Å². The first-order chi connectivity index (χ1) is 10.1. The van der Waals surface area contributed by atoms with Gasteiger partial charge in [-0.05, 0) is 49.8 Å². The van der Waals surface area contributed by atoms with Gasteiger partial charge in [0, 0.05) is 16.6 Å². The quantitative estimate of drug-likeness (QED) is 0.788. The van der Waals surface area contributed by atoms with Crippen molar-refractivity contribution in [1.29, 1.82) is 0 Å². The van der Waals surface area contributed by atoms with E-state index in [0.29, 0.717) is 12.1 Å². The van der Waals surface area contributed by atoms with Crippen LogP contribution in [0.2, 0.25) is 0 Å². The van der Waals surface area contributed by atoms with E-state index in [0.717, 1.165) is 5.92 Å². The Hall–Kier alpha value is -1.12. The normalized spacial score (nSPS) is 22.6. The van der Waals surface area contributed by atoms with Crippen molar-refractivity contribution >= 4 is 15.9 Å². The van der Waals surface area contributed by atoms with Crippen LogP contribution in [0.5, 0.6) is 0 Å². The van der Waals surface area contributed by atoms with Crippen LogP contribution in [0.25, 0.3) is 0 Å². The summed E-state index contributed by atoms with van der Waals surface area (Å²) in [5.41, 5.74) is 4.21. The Morgan fingerprint density at radius 2 is 1.86 bits per heavy atom. The molecule has 0 amide bonds. The maximum Gasteiger partial charge on any atom is 0.0305 e. The zero-order valence-electron chi connectivity index (χ0n) is 12.6. The molecule has 2 heteroatoms. The minimum atomic E-state index is 0.393. The van der Waals surface area contributed by atoms with E-state index in [9.17, 15) is 0 Å². The van der Waals surface area contributed by atoms with E-state index in [1.165, 1.54) is 34.0 Å². The number of nitrogens with one attached hydrogen (secondary N) is 1. The molecule has 110 valence electrons. The van der Waals surface area contributed by atoms with E-state index < -0.39 is 0 Å². The van der Waals surface area contributed by atoms with Crippen LogP contribution in [0.4, 0.5) is 0 Å². The Morgan fingerprint density at radius 3 is 2.57 bits per heavy atom. The fraction of sp³-hybridized carbons (Fsp3) is 0.368. The Labute approximate surface area is 135 Å². The van der Waals surface area contributed by atoms with Crippen molar-refractivity contribution in [1.82, 2.24) is 5.32 Å². The van der Waals surface area contributed by atoms with E-state index in [-0.39, 0.29) is 0 Å². The summed E-state index contributed by atoms with van der Waals surface area (Å²) in [6.45, 7) is 4.42. The fourth-order valence-electron chi connectivity index (χ4n) is 3.22. The number of hydrogen-bond donors (Lipinski definition) is 1. The molecule has 1 atom stereocenters. The minimum Gasteiger partial charge on any atom is -0.307 e. The maximum absolute atomic E-state index is 3.76. The van der Waals surface area contributed by atoms with Crippen molar-refractivity contribution in [3.63, 3.8) is 0 Å². The predicted octanol–water partition coefficient (Wildman–Crippen LogP) is 5.35. The van der Waals surface area contributed by atoms with Crippen molar-refractivity contribution in [3.8, 4) is 0 Å². The summed E-state index contributed by atoms with van der Waals surface area (Å²) >= 11 is 3.64. The molecule has 0 aliphatic heterocycles. The van der Waals surface area contributed by atoms with Crippen LogP contribution in [0.3, 0.4) is 0 Å². The van der Waals surface area contributed by atoms with Gasteiger partial charge in [0.15, 0.2) is 0 Å². The molecule has 2 aromatic carbocycles. The first-order valence-electron chi connectivity index (χ1n) is 7.70. The first-order valence-corrected chi connectivity index (χ1v) is 8.50. The van der Waals surface area contributed by atoms with Gasteiger partial charge in [-0.25, -0.2) is 0 Å². The van der Waals surface area contributed by atoms with Crippen molar-refractivity contribution in [2.75, 3.05) is 0 Å². The van der Waals surface area contributed by atoms with Crippen LogP contribution in [0.15, 0.2) is 53.0 Å². The lowest BCUT2D eigenvalue weighted by Gasteiger charge is -2.38. The third-order valence-corrected chi connectivity index (χ3v) is 5.23. The molecule has 0 bridgehead atoms. The maximum atomic E-state index is 3.76. The summed E-state index contributed by atoms with van der Waals surface area (Å²) in [5.74, 6) is 0.730. The molecule has 0 spiro atoms. The van der Waals surface area contributed by atoms with E-state index in [4.69, 9.17) is 0 Å². The van der Waals surface area contributed by atoms with Crippen molar-refractivity contribution in [2.24, 2.45) is 0 Å². The molecule has 0 heterocycles. The van der Waals surface area contributed by atoms with Crippen LogP contribution in [0.1, 0.15) is 48.4 Å². The zero-order valence-corrected chi connectivity index (χ0v) is 14.2. The lowest BCUT2D eigenvalue weighted by molar-refractivity contribution is 0.270. The second-order valence-corrected chi connectivity index (χ2v) is 7.04. The minimum absolute atomic E-state index is 0.393. The molecule has 3 rings (SSSR count). The molecule has 1 aliphatic rings. The second-order valence-electron chi connectivity index (χ2n) is 6.19. The molecule has 1 unspecified atom stereocenters. The summed E-state index contributed by atoms with van der Waals surface area (Å²) in [6.07, 6.45) is 2.50. The average Bonchev–Trinajstić information content (AvgIpc) is 2.42. The summed E-state index contributed by atoms with van der Waals surface area (Å²) < 4.78 is 1.19. The third kappa shape index (κ3) is 3.38. The van der Waals surface area contributed by atoms with Gasteiger partial charge in [-0.3, -0.25) is 0 Å². The standard InChI is InChI=1S/C19H22BrN/c1-13-6-5-7-15(10-13)16-11-17(12-16)21-14(2)18-8-3-4-9-19(18)20/h3-10,14,16-17,21H,11-12H2,1-2H3. The van der Waals surface area contributed by atoms with Crippen LogP contribution < -0.4 is 5.32 Å². The van der Waals surface area contributed by atoms with Crippen molar-refractivity contribution < 1.29 is 0 Å². The monoisotopic (exact) mass is 343 g/mol. The number of benzene rings is 2. The molecule has 0 saturated heterocycles. The molecule has 1 saturated carbocycles. The molecule has 21 heavy (non-hydrogen) atoms. The summed E-state index contributed by atoms with van der Waals surface area (Å²) in [7, 11) is 0. The van der Waals surface area contributed by atoms with Gasteiger partial charge < -0.3 is 5.32 Å². The Bertz CT molecular complexity index is 616. The van der Waals surface area contributed by atoms with Gasteiger partial charge in [0.05, 0.1) is 0 Å². The Balaban J connectivity index is 1.56. The zero-order chi connectivity index (χ0) is 14.8. The number of hydrogen-bond acceptors (Lipinski definition) is 1. The van der Waals surface area contributed by atoms with E-state index in [1.54, 1.807) is 0 Å². The molecule has 0 radical (unpaired) electrons. The third-order valence-electron chi connectivity index (χ3n) is 4.51. The summed E-state index contributed by atoms with van der Waals surface area (Å²) in [6, 6.07) is 18.5. The van der Waals surface area contributed by atoms with Crippen LogP contribution in [-0.2, 0) is 0 Å². The lowest BCUT2D eigenvalue weighted by atomic mass is 9.75. The fourth-order valence-corrected chi connectivity index (χ4v) is 3.85. The molecule has 2 aromatic rings. The lowest BCUT2D eigenvalue weighted by Crippen LogP contribution is -2.41. The second kappa shape index (κ2) is 6.33. The van der Waals surface area contributed by atoms with Crippen LogP contribution in [-0.4, -0.2) is 6.04 Å². The Morgan fingerprint density at radius 1 is 1.10 bits per heavy atom. The Kier molecular flexibility index (Phi) is 4.46. The molecule has 0 aromatic heterocycles. The molecule has 1 N–H and O–H groups in total. The van der Waals surface area contributed by atoms with Crippen LogP contribution in [0, 0.1) is 6.92 Å². The SMILES string of the molecule is Cc1cccc(C2CC(NC(C)c3ccccc3Br)C2)c1. The highest BCUT2D eigenvalue weighted by Crippen LogP contribution is 2.38. The smallest absolute Gasteiger partial charge is 0.0305 e. The van der Waals surface area contributed by atoms with Gasteiger partial charge in [0.1, 0.15) is 0 Å². The van der Waals surface area contributed by atoms with Gasteiger partial charge in [-0.1, -0.05) is 64.0 Å². The molecular weight excluding hydrogens is 322 g/mol. The molecule has 1 nitrogen and oxygen atoms in total. The van der Waals surface area contributed by atoms with E-state index in [2.05, 4.69) is 83.6 Å². The van der Waals surface area contributed by atoms with Gasteiger partial charge in [-0.15, -0.1) is 0 Å². The first kappa shape index (κ1) is 14.8. The summed E-state index contributed by atoms with van der Waals surface area (Å²) in [5, 5.41) is 3.76. The summed E-state index contributed by atoms with van der Waals surface area (Å²) in [4.78, 5) is 0. The highest BCUT2D eigenvalue weighted by molar-refractivity contribution is 9.10. The molecule has 1 aliphatic carbocycles. The van der Waals surface area contributed by atoms with Crippen LogP contribution >= 0.6 is 15.9 Å². The van der Waals surface area contributed by atoms with E-state index in [1.807, 2.05) is 0 Å². The largest absolute Gasteiger partial charge is 0.307 e. The van der Waals surface area contributed by atoms with Crippen molar-refractivity contribution in [3.05, 3.63) is 69.7 Å². The highest BCUT2D eigenvalue weighted by Gasteiger charge is 2.31. The topological polar surface area (TPSA) is 12.0 Å². The van der Waals surface area contributed by atoms with Gasteiger partial charge in [-0.2, -0.15) is 0 Å². The number of aryl methyl sites for hydroxylation is 1. The number of halogens is 1. The highest BCUT2D eigenvalue weighted by atomic mass is 79.9.